The molecule has 1 N–H and O–H groups in total. The van der Waals surface area contributed by atoms with Gasteiger partial charge in [0, 0.05) is 22.2 Å². The summed E-state index contributed by atoms with van der Waals surface area (Å²) in [5.41, 5.74) is 2.79. The number of ketones is 1. The molecule has 1 heterocycles. The summed E-state index contributed by atoms with van der Waals surface area (Å²) in [6.07, 6.45) is -0.907. The van der Waals surface area contributed by atoms with E-state index in [1.165, 1.54) is 24.3 Å². The quantitative estimate of drug-likeness (QED) is 0.565. The molecule has 0 aliphatic rings. The number of Topliss-reactive ketones (excluding diaryl/α,β-unsaturated/α-hetero) is 1. The largest absolute Gasteiger partial charge is 0.454 e. The average molecular weight is 339 g/mol. The molecule has 0 spiro atoms. The van der Waals surface area contributed by atoms with Gasteiger partial charge < -0.3 is 9.72 Å². The maximum atomic E-state index is 12.9. The van der Waals surface area contributed by atoms with Gasteiger partial charge in [0.25, 0.3) is 0 Å². The summed E-state index contributed by atoms with van der Waals surface area (Å²) in [6, 6.07) is 13.1. The molecule has 4 nitrogen and oxygen atoms in total. The number of aromatic nitrogens is 1. The van der Waals surface area contributed by atoms with Crippen LogP contribution in [0, 0.1) is 12.7 Å². The van der Waals surface area contributed by atoms with Crippen molar-refractivity contribution in [1.29, 1.82) is 0 Å². The van der Waals surface area contributed by atoms with Crippen molar-refractivity contribution in [2.75, 3.05) is 0 Å². The number of halogens is 1. The van der Waals surface area contributed by atoms with Gasteiger partial charge in [-0.05, 0) is 37.6 Å². The summed E-state index contributed by atoms with van der Waals surface area (Å²) < 4.78 is 18.2. The summed E-state index contributed by atoms with van der Waals surface area (Å²) in [5.74, 6) is -1.14. The van der Waals surface area contributed by atoms with Gasteiger partial charge in [0.2, 0.25) is 5.78 Å². The summed E-state index contributed by atoms with van der Waals surface area (Å²) in [6.45, 7) is 3.38. The Labute approximate surface area is 144 Å². The second-order valence-electron chi connectivity index (χ2n) is 5.97. The highest BCUT2D eigenvalue weighted by molar-refractivity contribution is 6.11. The number of rotatable bonds is 5. The summed E-state index contributed by atoms with van der Waals surface area (Å²) >= 11 is 0. The molecule has 0 amide bonds. The van der Waals surface area contributed by atoms with Gasteiger partial charge in [-0.1, -0.05) is 30.3 Å². The van der Waals surface area contributed by atoms with E-state index in [0.29, 0.717) is 11.1 Å². The molecule has 3 aromatic rings. The third kappa shape index (κ3) is 3.60. The number of ether oxygens (including phenoxy) is 1. The van der Waals surface area contributed by atoms with Crippen molar-refractivity contribution in [1.82, 2.24) is 4.98 Å². The van der Waals surface area contributed by atoms with Crippen LogP contribution in [0.15, 0.2) is 48.5 Å². The minimum Gasteiger partial charge on any atom is -0.454 e. The van der Waals surface area contributed by atoms with Gasteiger partial charge in [-0.2, -0.15) is 0 Å². The van der Waals surface area contributed by atoms with Crippen LogP contribution in [0.3, 0.4) is 0 Å². The van der Waals surface area contributed by atoms with Crippen molar-refractivity contribution >= 4 is 22.7 Å². The molecule has 5 heteroatoms. The Bertz CT molecular complexity index is 928. The normalized spacial score (nSPS) is 12.1. The van der Waals surface area contributed by atoms with E-state index in [-0.39, 0.29) is 18.0 Å². The lowest BCUT2D eigenvalue weighted by Gasteiger charge is -2.12. The van der Waals surface area contributed by atoms with E-state index in [9.17, 15) is 14.0 Å². The Balaban J connectivity index is 1.72. The van der Waals surface area contributed by atoms with Crippen LogP contribution in [0.25, 0.3) is 10.9 Å². The molecule has 1 aromatic heterocycles. The van der Waals surface area contributed by atoms with Crippen LogP contribution >= 0.6 is 0 Å². The predicted molar refractivity (Wildman–Crippen MR) is 93.0 cm³/mol. The van der Waals surface area contributed by atoms with E-state index in [2.05, 4.69) is 4.98 Å². The predicted octanol–water partition coefficient (Wildman–Crippen LogP) is 3.97. The van der Waals surface area contributed by atoms with Gasteiger partial charge in [0.05, 0.1) is 6.42 Å². The first-order chi connectivity index (χ1) is 12.0. The molecule has 3 rings (SSSR count). The van der Waals surface area contributed by atoms with Crippen molar-refractivity contribution in [3.63, 3.8) is 0 Å². The maximum absolute atomic E-state index is 12.9. The number of hydrogen-bond acceptors (Lipinski definition) is 3. The van der Waals surface area contributed by atoms with E-state index in [0.717, 1.165) is 16.6 Å². The Morgan fingerprint density at radius 1 is 1.12 bits per heavy atom. The zero-order chi connectivity index (χ0) is 18.0. The lowest BCUT2D eigenvalue weighted by atomic mass is 10.0. The third-order valence-electron chi connectivity index (χ3n) is 4.08. The number of aryl methyl sites for hydroxylation is 1. The number of carbonyl (C=O) groups excluding carboxylic acids is 2. The number of nitrogens with one attached hydrogen (secondary N) is 1. The molecule has 1 atom stereocenters. The first-order valence-corrected chi connectivity index (χ1v) is 8.01. The van der Waals surface area contributed by atoms with Crippen LogP contribution in [0.4, 0.5) is 4.39 Å². The van der Waals surface area contributed by atoms with Crippen LogP contribution in [-0.4, -0.2) is 22.8 Å². The van der Waals surface area contributed by atoms with E-state index < -0.39 is 12.1 Å². The standard InChI is InChI=1S/C20H18FNO3/c1-12-19(16-5-3-4-6-17(16)22-12)20(24)13(2)25-18(23)11-14-7-9-15(21)10-8-14/h3-10,13,22H,11H2,1-2H3/t13-/m1/s1. The van der Waals surface area contributed by atoms with Crippen LogP contribution in [0.1, 0.15) is 28.5 Å². The molecule has 0 saturated heterocycles. The Kier molecular flexibility index (Phi) is 4.65. The van der Waals surface area contributed by atoms with Gasteiger partial charge in [0.1, 0.15) is 5.82 Å². The molecule has 0 radical (unpaired) electrons. The maximum Gasteiger partial charge on any atom is 0.310 e. The Morgan fingerprint density at radius 3 is 2.52 bits per heavy atom. The Morgan fingerprint density at radius 2 is 1.80 bits per heavy atom. The lowest BCUT2D eigenvalue weighted by Crippen LogP contribution is -2.25. The van der Waals surface area contributed by atoms with Crippen molar-refractivity contribution < 1.29 is 18.7 Å². The summed E-state index contributed by atoms with van der Waals surface area (Å²) in [4.78, 5) is 27.9. The monoisotopic (exact) mass is 339 g/mol. The molecule has 0 unspecified atom stereocenters. The molecule has 2 aromatic carbocycles. The van der Waals surface area contributed by atoms with Gasteiger partial charge in [-0.3, -0.25) is 9.59 Å². The number of H-pyrrole nitrogens is 1. The second kappa shape index (κ2) is 6.89. The molecule has 128 valence electrons. The number of esters is 1. The fourth-order valence-electron chi connectivity index (χ4n) is 2.86. The summed E-state index contributed by atoms with van der Waals surface area (Å²) in [5, 5.41) is 0.812. The molecule has 25 heavy (non-hydrogen) atoms. The third-order valence-corrected chi connectivity index (χ3v) is 4.08. The molecule has 0 bridgehead atoms. The van der Waals surface area contributed by atoms with Crippen LogP contribution in [0.2, 0.25) is 0 Å². The highest BCUT2D eigenvalue weighted by Gasteiger charge is 2.24. The number of aromatic amines is 1. The number of benzene rings is 2. The van der Waals surface area contributed by atoms with Gasteiger partial charge in [-0.25, -0.2) is 4.39 Å². The topological polar surface area (TPSA) is 59.2 Å². The van der Waals surface area contributed by atoms with E-state index in [1.807, 2.05) is 31.2 Å². The van der Waals surface area contributed by atoms with Gasteiger partial charge in [-0.15, -0.1) is 0 Å². The van der Waals surface area contributed by atoms with Crippen LogP contribution in [0.5, 0.6) is 0 Å². The van der Waals surface area contributed by atoms with Crippen molar-refractivity contribution in [3.05, 3.63) is 71.2 Å². The fourth-order valence-corrected chi connectivity index (χ4v) is 2.86. The molecule has 0 aliphatic carbocycles. The van der Waals surface area contributed by atoms with E-state index in [4.69, 9.17) is 4.74 Å². The first kappa shape index (κ1) is 16.9. The zero-order valence-corrected chi connectivity index (χ0v) is 14.0. The van der Waals surface area contributed by atoms with Crippen LogP contribution in [-0.2, 0) is 16.0 Å². The lowest BCUT2D eigenvalue weighted by molar-refractivity contribution is -0.145. The molecule has 0 saturated carbocycles. The van der Waals surface area contributed by atoms with E-state index in [1.54, 1.807) is 6.92 Å². The summed E-state index contributed by atoms with van der Waals surface area (Å²) in [7, 11) is 0. The Hall–Kier alpha value is -2.95. The van der Waals surface area contributed by atoms with Crippen LogP contribution < -0.4 is 0 Å². The van der Waals surface area contributed by atoms with Gasteiger partial charge >= 0.3 is 5.97 Å². The van der Waals surface area contributed by atoms with Crippen molar-refractivity contribution in [2.45, 2.75) is 26.4 Å². The number of carbonyl (C=O) groups is 2. The number of para-hydroxylation sites is 1. The highest BCUT2D eigenvalue weighted by Crippen LogP contribution is 2.24. The molecular weight excluding hydrogens is 321 g/mol. The van der Waals surface area contributed by atoms with Gasteiger partial charge in [0.15, 0.2) is 6.10 Å². The zero-order valence-electron chi connectivity index (χ0n) is 14.0. The van der Waals surface area contributed by atoms with E-state index >= 15 is 0 Å². The second-order valence-corrected chi connectivity index (χ2v) is 5.97. The van der Waals surface area contributed by atoms with Crippen molar-refractivity contribution in [2.24, 2.45) is 0 Å². The molecule has 0 aliphatic heterocycles. The minimum atomic E-state index is -0.897. The average Bonchev–Trinajstić information content (AvgIpc) is 2.91. The fraction of sp³-hybridized carbons (Fsp3) is 0.200. The molecular formula is C20H18FNO3. The first-order valence-electron chi connectivity index (χ1n) is 8.01. The molecule has 0 fully saturated rings. The number of fused-ring (bicyclic) bond motifs is 1. The highest BCUT2D eigenvalue weighted by atomic mass is 19.1. The van der Waals surface area contributed by atoms with Crippen molar-refractivity contribution in [3.8, 4) is 0 Å². The SMILES string of the molecule is Cc1[nH]c2ccccc2c1C(=O)[C@@H](C)OC(=O)Cc1ccc(F)cc1. The number of hydrogen-bond donors (Lipinski definition) is 1. The minimum absolute atomic E-state index is 0.00916. The smallest absolute Gasteiger partial charge is 0.310 e.